The molecular weight excluding hydrogens is 448 g/mol. The summed E-state index contributed by atoms with van der Waals surface area (Å²) in [6.45, 7) is -0.293. The Morgan fingerprint density at radius 3 is 2.69 bits per heavy atom. The van der Waals surface area contributed by atoms with Crippen molar-refractivity contribution in [2.75, 3.05) is 11.9 Å². The Labute approximate surface area is 189 Å². The van der Waals surface area contributed by atoms with Crippen molar-refractivity contribution in [2.24, 2.45) is 0 Å². The van der Waals surface area contributed by atoms with Crippen LogP contribution in [0.1, 0.15) is 16.6 Å². The minimum absolute atomic E-state index is 0.0569. The second-order valence-electron chi connectivity index (χ2n) is 7.01. The lowest BCUT2D eigenvalue weighted by Crippen LogP contribution is -2.30. The van der Waals surface area contributed by atoms with Gasteiger partial charge in [0.1, 0.15) is 17.3 Å². The first-order valence-electron chi connectivity index (χ1n) is 9.73. The second-order valence-corrected chi connectivity index (χ2v) is 9.89. The van der Waals surface area contributed by atoms with Crippen LogP contribution in [0.2, 0.25) is 0 Å². The Kier molecular flexibility index (Phi) is 6.45. The summed E-state index contributed by atoms with van der Waals surface area (Å²) in [5.74, 6) is -0.664. The van der Waals surface area contributed by atoms with Gasteiger partial charge in [-0.2, -0.15) is 0 Å². The molecule has 4 rings (SSSR count). The van der Waals surface area contributed by atoms with Gasteiger partial charge in [-0.05, 0) is 41.8 Å². The number of sulfonamides is 1. The number of carboxylic acid groups (broad SMARTS) is 1. The molecule has 0 saturated carbocycles. The number of hydrogen-bond acceptors (Lipinski definition) is 7. The van der Waals surface area contributed by atoms with Gasteiger partial charge in [-0.25, -0.2) is 18.1 Å². The van der Waals surface area contributed by atoms with Gasteiger partial charge in [0.15, 0.2) is 0 Å². The maximum Gasteiger partial charge on any atom is 0.322 e. The maximum absolute atomic E-state index is 13.0. The molecule has 0 saturated heterocycles. The SMILES string of the molecule is O=C(O)CNc1cccc(C(Cc2cc3ccccc3s2)NS(=O)(=O)c2cccnc2)n1. The zero-order chi connectivity index (χ0) is 22.6. The van der Waals surface area contributed by atoms with Crippen molar-refractivity contribution in [1.29, 1.82) is 0 Å². The third kappa shape index (κ3) is 5.28. The molecule has 0 aliphatic heterocycles. The van der Waals surface area contributed by atoms with E-state index in [1.54, 1.807) is 35.6 Å². The molecule has 8 nitrogen and oxygen atoms in total. The fraction of sp³-hybridized carbons (Fsp3) is 0.136. The van der Waals surface area contributed by atoms with E-state index in [9.17, 15) is 13.2 Å². The first kappa shape index (κ1) is 21.9. The van der Waals surface area contributed by atoms with Gasteiger partial charge in [0, 0.05) is 28.4 Å². The molecule has 10 heteroatoms. The molecule has 32 heavy (non-hydrogen) atoms. The van der Waals surface area contributed by atoms with E-state index < -0.39 is 22.0 Å². The van der Waals surface area contributed by atoms with Gasteiger partial charge >= 0.3 is 5.97 Å². The van der Waals surface area contributed by atoms with Gasteiger partial charge in [-0.15, -0.1) is 11.3 Å². The Morgan fingerprint density at radius 2 is 1.94 bits per heavy atom. The number of hydrogen-bond donors (Lipinski definition) is 3. The fourth-order valence-electron chi connectivity index (χ4n) is 3.22. The van der Waals surface area contributed by atoms with Crippen molar-refractivity contribution in [3.05, 3.63) is 83.6 Å². The number of nitrogens with zero attached hydrogens (tertiary/aromatic N) is 2. The van der Waals surface area contributed by atoms with Crippen molar-refractivity contribution < 1.29 is 18.3 Å². The van der Waals surface area contributed by atoms with Crippen LogP contribution >= 0.6 is 11.3 Å². The summed E-state index contributed by atoms with van der Waals surface area (Å²) in [5.41, 5.74) is 0.477. The molecule has 3 aromatic heterocycles. The van der Waals surface area contributed by atoms with Crippen LogP contribution in [0.25, 0.3) is 10.1 Å². The van der Waals surface area contributed by atoms with Crippen molar-refractivity contribution in [1.82, 2.24) is 14.7 Å². The minimum atomic E-state index is -3.86. The number of fused-ring (bicyclic) bond motifs is 1. The first-order valence-corrected chi connectivity index (χ1v) is 12.0. The van der Waals surface area contributed by atoms with E-state index in [-0.39, 0.29) is 11.4 Å². The molecule has 0 spiro atoms. The van der Waals surface area contributed by atoms with Crippen molar-refractivity contribution >= 4 is 43.2 Å². The average molecular weight is 469 g/mol. The second kappa shape index (κ2) is 9.43. The van der Waals surface area contributed by atoms with Crippen LogP contribution in [0, 0.1) is 0 Å². The van der Waals surface area contributed by atoms with Gasteiger partial charge in [0.25, 0.3) is 0 Å². The Bertz CT molecular complexity index is 1310. The lowest BCUT2D eigenvalue weighted by molar-refractivity contribution is -0.134. The van der Waals surface area contributed by atoms with Crippen LogP contribution in [-0.4, -0.2) is 36.0 Å². The summed E-state index contributed by atoms with van der Waals surface area (Å²) < 4.78 is 29.9. The fourth-order valence-corrected chi connectivity index (χ4v) is 5.50. The molecule has 0 bridgehead atoms. The highest BCUT2D eigenvalue weighted by Crippen LogP contribution is 2.30. The predicted octanol–water partition coefficient (Wildman–Crippen LogP) is 3.45. The van der Waals surface area contributed by atoms with E-state index in [2.05, 4.69) is 20.0 Å². The van der Waals surface area contributed by atoms with Crippen LogP contribution in [0.5, 0.6) is 0 Å². The molecular formula is C22H20N4O4S2. The quantitative estimate of drug-likeness (QED) is 0.344. The van der Waals surface area contributed by atoms with E-state index in [0.717, 1.165) is 15.0 Å². The number of nitrogens with one attached hydrogen (secondary N) is 2. The number of pyridine rings is 2. The molecule has 0 fully saturated rings. The molecule has 0 aliphatic carbocycles. The Hall–Kier alpha value is -3.34. The summed E-state index contributed by atoms with van der Waals surface area (Å²) in [6, 6.07) is 17.4. The monoisotopic (exact) mass is 468 g/mol. The number of thiophene rings is 1. The topological polar surface area (TPSA) is 121 Å². The first-order chi connectivity index (χ1) is 15.4. The Morgan fingerprint density at radius 1 is 1.09 bits per heavy atom. The van der Waals surface area contributed by atoms with Gasteiger partial charge in [-0.3, -0.25) is 9.78 Å². The van der Waals surface area contributed by atoms with E-state index in [1.807, 2.05) is 30.3 Å². The van der Waals surface area contributed by atoms with E-state index >= 15 is 0 Å². The predicted molar refractivity (Wildman–Crippen MR) is 123 cm³/mol. The zero-order valence-electron chi connectivity index (χ0n) is 16.8. The molecule has 0 aliphatic rings. The van der Waals surface area contributed by atoms with Crippen LogP contribution in [0.15, 0.2) is 78.0 Å². The van der Waals surface area contributed by atoms with Gasteiger partial charge < -0.3 is 10.4 Å². The highest BCUT2D eigenvalue weighted by molar-refractivity contribution is 7.89. The molecule has 3 heterocycles. The maximum atomic E-state index is 13.0. The lowest BCUT2D eigenvalue weighted by Gasteiger charge is -2.18. The number of aliphatic carboxylic acids is 1. The molecule has 0 radical (unpaired) electrons. The van der Waals surface area contributed by atoms with Crippen LogP contribution < -0.4 is 10.0 Å². The number of benzene rings is 1. The van der Waals surface area contributed by atoms with E-state index in [4.69, 9.17) is 5.11 Å². The minimum Gasteiger partial charge on any atom is -0.480 e. The van der Waals surface area contributed by atoms with Crippen molar-refractivity contribution in [3.8, 4) is 0 Å². The molecule has 1 aromatic carbocycles. The standard InChI is InChI=1S/C22H20N4O4S2/c27-22(28)14-24-21-9-3-7-18(25-21)19(26-32(29,30)17-6-4-10-23-13-17)12-16-11-15-5-1-2-8-20(15)31-16/h1-11,13,19,26H,12,14H2,(H,24,25)(H,27,28). The molecule has 1 atom stereocenters. The van der Waals surface area contributed by atoms with Gasteiger partial charge in [-0.1, -0.05) is 24.3 Å². The van der Waals surface area contributed by atoms with E-state index in [0.29, 0.717) is 17.9 Å². The molecule has 3 N–H and O–H groups in total. The highest BCUT2D eigenvalue weighted by Gasteiger charge is 2.24. The number of carbonyl (C=O) groups is 1. The summed E-state index contributed by atoms with van der Waals surface area (Å²) in [6.07, 6.45) is 3.18. The third-order valence-electron chi connectivity index (χ3n) is 4.67. The normalized spacial score (nSPS) is 12.5. The number of carboxylic acids is 1. The van der Waals surface area contributed by atoms with Crippen LogP contribution in [-0.2, 0) is 21.2 Å². The summed E-state index contributed by atoms with van der Waals surface area (Å²) in [5, 5.41) is 12.7. The number of aromatic nitrogens is 2. The molecule has 1 unspecified atom stereocenters. The Balaban J connectivity index is 1.67. The van der Waals surface area contributed by atoms with Crippen molar-refractivity contribution in [2.45, 2.75) is 17.4 Å². The van der Waals surface area contributed by atoms with Crippen LogP contribution in [0.4, 0.5) is 5.82 Å². The highest BCUT2D eigenvalue weighted by atomic mass is 32.2. The van der Waals surface area contributed by atoms with E-state index in [1.165, 1.54) is 18.5 Å². The number of rotatable bonds is 9. The summed E-state index contributed by atoms with van der Waals surface area (Å²) in [7, 11) is -3.86. The lowest BCUT2D eigenvalue weighted by atomic mass is 10.1. The van der Waals surface area contributed by atoms with Crippen molar-refractivity contribution in [3.63, 3.8) is 0 Å². The summed E-state index contributed by atoms with van der Waals surface area (Å²) in [4.78, 5) is 20.3. The smallest absolute Gasteiger partial charge is 0.322 e. The largest absolute Gasteiger partial charge is 0.480 e. The molecule has 164 valence electrons. The summed E-state index contributed by atoms with van der Waals surface area (Å²) >= 11 is 1.59. The third-order valence-corrected chi connectivity index (χ3v) is 7.27. The molecule has 0 amide bonds. The van der Waals surface area contributed by atoms with Crippen LogP contribution in [0.3, 0.4) is 0 Å². The molecule has 4 aromatic rings. The average Bonchev–Trinajstić information content (AvgIpc) is 3.20. The van der Waals surface area contributed by atoms with Gasteiger partial charge in [0.05, 0.1) is 11.7 Å². The van der Waals surface area contributed by atoms with Gasteiger partial charge in [0.2, 0.25) is 10.0 Å². The number of anilines is 1. The zero-order valence-corrected chi connectivity index (χ0v) is 18.4.